The van der Waals surface area contributed by atoms with E-state index in [4.69, 9.17) is 21.1 Å². The van der Waals surface area contributed by atoms with Crippen LogP contribution >= 0.6 is 11.6 Å². The highest BCUT2D eigenvalue weighted by Gasteiger charge is 2.44. The van der Waals surface area contributed by atoms with Crippen molar-refractivity contribution in [3.8, 4) is 5.75 Å². The zero-order valence-corrected chi connectivity index (χ0v) is 23.7. The van der Waals surface area contributed by atoms with Crippen LogP contribution in [0.25, 0.3) is 0 Å². The monoisotopic (exact) mass is 597 g/mol. The van der Waals surface area contributed by atoms with E-state index >= 15 is 0 Å². The van der Waals surface area contributed by atoms with Crippen LogP contribution in [0.4, 0.5) is 4.79 Å². The van der Waals surface area contributed by atoms with Gasteiger partial charge in [0.2, 0.25) is 10.0 Å². The zero-order chi connectivity index (χ0) is 28.9. The van der Waals surface area contributed by atoms with E-state index in [1.165, 1.54) is 0 Å². The summed E-state index contributed by atoms with van der Waals surface area (Å²) >= 11 is 6.47. The number of aliphatic hydroxyl groups excluding tert-OH is 3. The van der Waals surface area contributed by atoms with E-state index in [0.29, 0.717) is 22.8 Å². The predicted molar refractivity (Wildman–Crippen MR) is 149 cm³/mol. The maximum Gasteiger partial charge on any atom is 0.315 e. The first-order valence-electron chi connectivity index (χ1n) is 13.2. The second kappa shape index (κ2) is 13.5. The SMILES string of the molecule is CS(=O)(=O)NCCOc1ccc(Cc2cc([C@@H]3OC(CNC(=O)NC4CCC4)[C@@H](O)[C@H](O)[C@H]3O)ccc2Cl)cc1. The van der Waals surface area contributed by atoms with Crippen LogP contribution in [-0.2, 0) is 21.2 Å². The predicted octanol–water partition coefficient (Wildman–Crippen LogP) is 1.23. The largest absolute Gasteiger partial charge is 0.492 e. The number of hydrogen-bond donors (Lipinski definition) is 6. The molecule has 6 N–H and O–H groups in total. The van der Waals surface area contributed by atoms with Gasteiger partial charge in [-0.25, -0.2) is 17.9 Å². The minimum atomic E-state index is -3.27. The zero-order valence-electron chi connectivity index (χ0n) is 22.1. The van der Waals surface area contributed by atoms with Gasteiger partial charge >= 0.3 is 6.03 Å². The fourth-order valence-corrected chi connectivity index (χ4v) is 5.24. The maximum absolute atomic E-state index is 12.2. The molecule has 0 aromatic heterocycles. The minimum absolute atomic E-state index is 0.0425. The molecule has 2 aromatic carbocycles. The molecule has 2 fully saturated rings. The van der Waals surface area contributed by atoms with Gasteiger partial charge in [-0.1, -0.05) is 35.9 Å². The summed E-state index contributed by atoms with van der Waals surface area (Å²) in [5.74, 6) is 0.589. The van der Waals surface area contributed by atoms with Gasteiger partial charge in [0.15, 0.2) is 0 Å². The van der Waals surface area contributed by atoms with Gasteiger partial charge in [-0.05, 0) is 60.6 Å². The molecule has 0 radical (unpaired) electrons. The van der Waals surface area contributed by atoms with Gasteiger partial charge < -0.3 is 35.4 Å². The lowest BCUT2D eigenvalue weighted by Gasteiger charge is -2.41. The molecule has 1 aliphatic carbocycles. The number of amides is 2. The number of rotatable bonds is 11. The Balaban J connectivity index is 1.38. The molecule has 220 valence electrons. The average Bonchev–Trinajstić information content (AvgIpc) is 2.89. The molecule has 1 aliphatic heterocycles. The lowest BCUT2D eigenvalue weighted by atomic mass is 9.90. The molecule has 0 spiro atoms. The molecule has 5 atom stereocenters. The first-order chi connectivity index (χ1) is 19.0. The van der Waals surface area contributed by atoms with Crippen molar-refractivity contribution in [1.82, 2.24) is 15.4 Å². The molecule has 13 heteroatoms. The van der Waals surface area contributed by atoms with Crippen molar-refractivity contribution in [2.75, 3.05) is 26.0 Å². The molecule has 2 aromatic rings. The Kier molecular flexibility index (Phi) is 10.3. The number of sulfonamides is 1. The number of carbonyl (C=O) groups excluding carboxylic acids is 1. The van der Waals surface area contributed by atoms with E-state index in [0.717, 1.165) is 36.6 Å². The Morgan fingerprint density at radius 3 is 2.45 bits per heavy atom. The van der Waals surface area contributed by atoms with Crippen LogP contribution < -0.4 is 20.1 Å². The Bertz CT molecular complexity index is 1260. The van der Waals surface area contributed by atoms with Crippen LogP contribution in [0.5, 0.6) is 5.75 Å². The number of carbonyl (C=O) groups is 1. The fraction of sp³-hybridized carbons (Fsp3) is 0.519. The number of hydrogen-bond acceptors (Lipinski definition) is 8. The lowest BCUT2D eigenvalue weighted by Crippen LogP contribution is -2.58. The van der Waals surface area contributed by atoms with Crippen molar-refractivity contribution in [3.63, 3.8) is 0 Å². The molecule has 1 saturated heterocycles. The van der Waals surface area contributed by atoms with Crippen molar-refractivity contribution in [1.29, 1.82) is 0 Å². The van der Waals surface area contributed by atoms with Crippen LogP contribution in [0.15, 0.2) is 42.5 Å². The molecular formula is C27H36ClN3O8S. The topological polar surface area (TPSA) is 166 Å². The molecule has 1 heterocycles. The molecule has 40 heavy (non-hydrogen) atoms. The normalized spacial score (nSPS) is 25.2. The summed E-state index contributed by atoms with van der Waals surface area (Å²) in [5.41, 5.74) is 2.26. The minimum Gasteiger partial charge on any atom is -0.492 e. The van der Waals surface area contributed by atoms with Gasteiger partial charge in [0, 0.05) is 24.2 Å². The van der Waals surface area contributed by atoms with E-state index in [-0.39, 0.29) is 31.8 Å². The van der Waals surface area contributed by atoms with Crippen molar-refractivity contribution in [2.45, 2.75) is 62.2 Å². The van der Waals surface area contributed by atoms with Crippen LogP contribution in [0, 0.1) is 0 Å². The quantitative estimate of drug-likeness (QED) is 0.210. The van der Waals surface area contributed by atoms with Crippen LogP contribution in [0.2, 0.25) is 5.02 Å². The highest BCUT2D eigenvalue weighted by molar-refractivity contribution is 7.88. The summed E-state index contributed by atoms with van der Waals surface area (Å²) in [5, 5.41) is 37.7. The highest BCUT2D eigenvalue weighted by atomic mass is 35.5. The van der Waals surface area contributed by atoms with Crippen molar-refractivity contribution < 1.29 is 38.0 Å². The average molecular weight is 598 g/mol. The molecular weight excluding hydrogens is 562 g/mol. The van der Waals surface area contributed by atoms with E-state index in [9.17, 15) is 28.5 Å². The van der Waals surface area contributed by atoms with E-state index in [1.807, 2.05) is 12.1 Å². The summed E-state index contributed by atoms with van der Waals surface area (Å²) in [6, 6.07) is 12.2. The third kappa shape index (κ3) is 8.29. The number of ether oxygens (including phenoxy) is 2. The molecule has 1 saturated carbocycles. The summed E-state index contributed by atoms with van der Waals surface area (Å²) in [6.07, 6.45) is -1.64. The van der Waals surface area contributed by atoms with Crippen LogP contribution in [0.3, 0.4) is 0 Å². The lowest BCUT2D eigenvalue weighted by molar-refractivity contribution is -0.222. The Morgan fingerprint density at radius 2 is 1.80 bits per heavy atom. The highest BCUT2D eigenvalue weighted by Crippen LogP contribution is 2.34. The Hall–Kier alpha value is -2.45. The second-order valence-electron chi connectivity index (χ2n) is 10.2. The number of urea groups is 1. The number of nitrogens with one attached hydrogen (secondary N) is 3. The van der Waals surface area contributed by atoms with Gasteiger partial charge in [0.05, 0.1) is 6.26 Å². The molecule has 2 aliphatic rings. The van der Waals surface area contributed by atoms with Gasteiger partial charge in [-0.15, -0.1) is 0 Å². The van der Waals surface area contributed by atoms with Crippen molar-refractivity contribution >= 4 is 27.7 Å². The van der Waals surface area contributed by atoms with E-state index in [1.54, 1.807) is 30.3 Å². The van der Waals surface area contributed by atoms with E-state index < -0.39 is 40.5 Å². The molecule has 1 unspecified atom stereocenters. The Morgan fingerprint density at radius 1 is 1.07 bits per heavy atom. The van der Waals surface area contributed by atoms with Gasteiger partial charge in [-0.2, -0.15) is 0 Å². The van der Waals surface area contributed by atoms with Gasteiger partial charge in [0.25, 0.3) is 0 Å². The summed E-state index contributed by atoms with van der Waals surface area (Å²) < 4.78 is 36.2. The fourth-order valence-electron chi connectivity index (χ4n) is 4.60. The third-order valence-corrected chi connectivity index (χ3v) is 8.17. The van der Waals surface area contributed by atoms with Crippen molar-refractivity contribution in [2.24, 2.45) is 0 Å². The number of halogens is 1. The molecule has 2 amide bonds. The molecule has 4 rings (SSSR count). The first kappa shape index (κ1) is 30.5. The number of benzene rings is 2. The van der Waals surface area contributed by atoms with Gasteiger partial charge in [0.1, 0.15) is 42.9 Å². The molecule has 11 nitrogen and oxygen atoms in total. The van der Waals surface area contributed by atoms with Crippen molar-refractivity contribution in [3.05, 3.63) is 64.2 Å². The second-order valence-corrected chi connectivity index (χ2v) is 12.5. The maximum atomic E-state index is 12.2. The first-order valence-corrected chi connectivity index (χ1v) is 15.5. The smallest absolute Gasteiger partial charge is 0.315 e. The van der Waals surface area contributed by atoms with Crippen LogP contribution in [-0.4, -0.2) is 86.2 Å². The molecule has 0 bridgehead atoms. The number of aliphatic hydroxyl groups is 3. The summed E-state index contributed by atoms with van der Waals surface area (Å²) in [7, 11) is -3.27. The standard InChI is InChI=1S/C27H36ClN3O8S/c1-40(36,37)30-11-12-38-20-8-5-16(6-9-20)13-18-14-17(7-10-21(18)28)26-25(34)24(33)23(32)22(39-26)15-29-27(35)31-19-3-2-4-19/h5-10,14,19,22-26,30,32-34H,2-4,11-13,15H2,1H3,(H2,29,31,35)/t22?,23-,24+,25-,26+/m1/s1. The van der Waals surface area contributed by atoms with Crippen LogP contribution in [0.1, 0.15) is 42.1 Å². The van der Waals surface area contributed by atoms with Gasteiger partial charge in [-0.3, -0.25) is 0 Å². The summed E-state index contributed by atoms with van der Waals surface area (Å²) in [6.45, 7) is 0.305. The summed E-state index contributed by atoms with van der Waals surface area (Å²) in [4.78, 5) is 12.2. The third-order valence-electron chi connectivity index (χ3n) is 7.07. The van der Waals surface area contributed by atoms with E-state index in [2.05, 4.69) is 15.4 Å². The Labute approximate surface area is 238 Å².